The fourth-order valence-corrected chi connectivity index (χ4v) is 3.46. The summed E-state index contributed by atoms with van der Waals surface area (Å²) < 4.78 is 1.11. The van der Waals surface area contributed by atoms with Gasteiger partial charge in [-0.2, -0.15) is 4.73 Å². The molecule has 0 amide bonds. The molecule has 0 spiro atoms. The molecular formula is C20H17N7O. The van der Waals surface area contributed by atoms with Crippen LogP contribution in [-0.2, 0) is 0 Å². The van der Waals surface area contributed by atoms with Gasteiger partial charge in [0.2, 0.25) is 0 Å². The van der Waals surface area contributed by atoms with Crippen LogP contribution in [0.15, 0.2) is 55.1 Å². The minimum atomic E-state index is 0.410. The van der Waals surface area contributed by atoms with Gasteiger partial charge in [-0.3, -0.25) is 4.98 Å². The van der Waals surface area contributed by atoms with Gasteiger partial charge in [-0.15, -0.1) is 0 Å². The summed E-state index contributed by atoms with van der Waals surface area (Å²) in [6.45, 7) is 0. The summed E-state index contributed by atoms with van der Waals surface area (Å²) in [5.74, 6) is 1.81. The molecule has 0 bridgehead atoms. The first-order chi connectivity index (χ1) is 13.6. The van der Waals surface area contributed by atoms with Crippen LogP contribution in [0.4, 0.5) is 17.3 Å². The van der Waals surface area contributed by atoms with Crippen molar-refractivity contribution in [2.45, 2.75) is 0 Å². The monoisotopic (exact) mass is 371 g/mol. The van der Waals surface area contributed by atoms with Crippen LogP contribution in [0.2, 0.25) is 0 Å². The highest BCUT2D eigenvalue weighted by atomic mass is 16.5. The van der Waals surface area contributed by atoms with Crippen LogP contribution >= 0.6 is 0 Å². The highest BCUT2D eigenvalue weighted by Gasteiger charge is 2.29. The second-order valence-corrected chi connectivity index (χ2v) is 6.66. The number of hydrogen-bond donors (Lipinski definition) is 2. The van der Waals surface area contributed by atoms with E-state index in [2.05, 4.69) is 20.3 Å². The number of nitrogens with one attached hydrogen (secondary N) is 1. The minimum Gasteiger partial charge on any atom is -0.426 e. The third-order valence-electron chi connectivity index (χ3n) is 4.70. The molecule has 2 N–H and O–H groups in total. The summed E-state index contributed by atoms with van der Waals surface area (Å²) in [5, 5.41) is 14.5. The summed E-state index contributed by atoms with van der Waals surface area (Å²) >= 11 is 0. The summed E-state index contributed by atoms with van der Waals surface area (Å²) in [5.41, 5.74) is 4.27. The zero-order chi connectivity index (χ0) is 19.3. The van der Waals surface area contributed by atoms with E-state index in [9.17, 15) is 5.21 Å². The molecule has 138 valence electrons. The lowest BCUT2D eigenvalue weighted by Crippen LogP contribution is -2.12. The maximum atomic E-state index is 11.2. The molecule has 28 heavy (non-hydrogen) atoms. The van der Waals surface area contributed by atoms with Gasteiger partial charge < -0.3 is 15.4 Å². The van der Waals surface area contributed by atoms with Crippen LogP contribution < -0.4 is 10.2 Å². The largest absolute Gasteiger partial charge is 0.426 e. The van der Waals surface area contributed by atoms with Gasteiger partial charge >= 0.3 is 0 Å². The maximum Gasteiger partial charge on any atom is 0.180 e. The average molecular weight is 371 g/mol. The molecule has 8 nitrogen and oxygen atoms in total. The number of pyridine rings is 3. The van der Waals surface area contributed by atoms with E-state index in [-0.39, 0.29) is 0 Å². The first-order valence-corrected chi connectivity index (χ1v) is 8.76. The Kier molecular flexibility index (Phi) is 3.51. The first-order valence-electron chi connectivity index (χ1n) is 8.76. The van der Waals surface area contributed by atoms with Crippen LogP contribution in [0.5, 0.6) is 0 Å². The smallest absolute Gasteiger partial charge is 0.180 e. The molecule has 4 aromatic heterocycles. The van der Waals surface area contributed by atoms with Gasteiger partial charge in [-0.1, -0.05) is 0 Å². The molecule has 0 fully saturated rings. The number of nitrogens with zero attached hydrogens (tertiary/aromatic N) is 6. The topological polar surface area (TPSA) is 92.0 Å². The Hall–Kier alpha value is -3.94. The molecule has 0 saturated carbocycles. The van der Waals surface area contributed by atoms with Gasteiger partial charge in [-0.05, 0) is 30.3 Å². The van der Waals surface area contributed by atoms with Crippen molar-refractivity contribution in [2.75, 3.05) is 24.3 Å². The predicted octanol–water partition coefficient (Wildman–Crippen LogP) is 3.43. The van der Waals surface area contributed by atoms with Crippen LogP contribution in [-0.4, -0.2) is 44.0 Å². The SMILES string of the molecule is CN(C)c1ncccc1-c1nc2c(n1O)-c1cnccc1Nc1ncccc1-2. The molecule has 0 aromatic carbocycles. The number of anilines is 3. The first kappa shape index (κ1) is 16.2. The lowest BCUT2D eigenvalue weighted by atomic mass is 10.1. The van der Waals surface area contributed by atoms with Gasteiger partial charge in [0, 0.05) is 50.0 Å². The fourth-order valence-electron chi connectivity index (χ4n) is 3.46. The molecule has 0 aliphatic carbocycles. The Morgan fingerprint density at radius 3 is 2.57 bits per heavy atom. The van der Waals surface area contributed by atoms with Crippen molar-refractivity contribution in [1.29, 1.82) is 0 Å². The fraction of sp³-hybridized carbons (Fsp3) is 0.100. The van der Waals surface area contributed by atoms with Crippen LogP contribution in [0, 0.1) is 0 Å². The van der Waals surface area contributed by atoms with Crippen molar-refractivity contribution >= 4 is 17.3 Å². The summed E-state index contributed by atoms with van der Waals surface area (Å²) in [6.07, 6.45) is 6.85. The summed E-state index contributed by atoms with van der Waals surface area (Å²) in [6, 6.07) is 9.35. The van der Waals surface area contributed by atoms with E-state index in [0.29, 0.717) is 28.8 Å². The number of imidazole rings is 1. The van der Waals surface area contributed by atoms with Crippen molar-refractivity contribution < 1.29 is 5.21 Å². The maximum absolute atomic E-state index is 11.2. The number of aromatic nitrogens is 5. The van der Waals surface area contributed by atoms with E-state index in [1.165, 1.54) is 0 Å². The Balaban J connectivity index is 1.85. The Morgan fingerprint density at radius 2 is 1.75 bits per heavy atom. The third-order valence-corrected chi connectivity index (χ3v) is 4.70. The summed E-state index contributed by atoms with van der Waals surface area (Å²) in [4.78, 5) is 19.8. The van der Waals surface area contributed by atoms with E-state index >= 15 is 0 Å². The standard InChI is InChI=1S/C20H17N7O/c1-26(2)19-13(6-4-9-23-19)20-25-16-12-5-3-8-22-18(12)24-15-7-10-21-11-14(15)17(16)27(20)28/h3-11,28H,1-2H3,(H,22,24). The zero-order valence-corrected chi connectivity index (χ0v) is 15.3. The highest BCUT2D eigenvalue weighted by Crippen LogP contribution is 2.44. The normalized spacial score (nSPS) is 11.6. The van der Waals surface area contributed by atoms with Crippen molar-refractivity contribution in [2.24, 2.45) is 0 Å². The van der Waals surface area contributed by atoms with Crippen molar-refractivity contribution in [3.8, 4) is 33.9 Å². The molecule has 1 aliphatic rings. The van der Waals surface area contributed by atoms with Crippen LogP contribution in [0.1, 0.15) is 0 Å². The molecule has 8 heteroatoms. The number of rotatable bonds is 2. The second-order valence-electron chi connectivity index (χ2n) is 6.66. The minimum absolute atomic E-state index is 0.410. The van der Waals surface area contributed by atoms with E-state index in [1.54, 1.807) is 24.8 Å². The van der Waals surface area contributed by atoms with E-state index in [4.69, 9.17) is 4.98 Å². The van der Waals surface area contributed by atoms with Gasteiger partial charge in [0.05, 0.1) is 11.3 Å². The quantitative estimate of drug-likeness (QED) is 0.459. The molecular weight excluding hydrogens is 354 g/mol. The molecule has 0 unspecified atom stereocenters. The van der Waals surface area contributed by atoms with Gasteiger partial charge in [0.1, 0.15) is 23.0 Å². The highest BCUT2D eigenvalue weighted by molar-refractivity contribution is 5.95. The molecule has 5 rings (SSSR count). The van der Waals surface area contributed by atoms with Crippen LogP contribution in [0.3, 0.4) is 0 Å². The lowest BCUT2D eigenvalue weighted by Gasteiger charge is -2.15. The van der Waals surface area contributed by atoms with E-state index < -0.39 is 0 Å². The van der Waals surface area contributed by atoms with E-state index in [1.807, 2.05) is 49.3 Å². The molecule has 4 aromatic rings. The summed E-state index contributed by atoms with van der Waals surface area (Å²) in [7, 11) is 3.81. The molecule has 0 atom stereocenters. The van der Waals surface area contributed by atoms with Gasteiger partial charge in [0.15, 0.2) is 5.82 Å². The van der Waals surface area contributed by atoms with Crippen molar-refractivity contribution in [3.63, 3.8) is 0 Å². The molecule has 1 aliphatic heterocycles. The van der Waals surface area contributed by atoms with Crippen molar-refractivity contribution in [1.82, 2.24) is 24.7 Å². The molecule has 5 heterocycles. The number of fused-ring (bicyclic) bond motifs is 5. The Labute approximate surface area is 161 Å². The Morgan fingerprint density at radius 1 is 0.964 bits per heavy atom. The third kappa shape index (κ3) is 2.31. The predicted molar refractivity (Wildman–Crippen MR) is 107 cm³/mol. The Bertz CT molecular complexity index is 1200. The average Bonchev–Trinajstić information content (AvgIpc) is 2.98. The number of hydrogen-bond acceptors (Lipinski definition) is 7. The van der Waals surface area contributed by atoms with E-state index in [0.717, 1.165) is 27.1 Å². The van der Waals surface area contributed by atoms with Gasteiger partial charge in [-0.25, -0.2) is 15.0 Å². The van der Waals surface area contributed by atoms with Gasteiger partial charge in [0.25, 0.3) is 0 Å². The lowest BCUT2D eigenvalue weighted by molar-refractivity contribution is 0.195. The zero-order valence-electron chi connectivity index (χ0n) is 15.3. The van der Waals surface area contributed by atoms with Crippen LogP contribution in [0.25, 0.3) is 33.9 Å². The van der Waals surface area contributed by atoms with Crippen molar-refractivity contribution in [3.05, 3.63) is 55.1 Å². The molecule has 0 saturated heterocycles. The second kappa shape index (κ2) is 6.05. The molecule has 0 radical (unpaired) electrons.